The van der Waals surface area contributed by atoms with E-state index in [0.717, 1.165) is 32.4 Å². The van der Waals surface area contributed by atoms with Crippen LogP contribution >= 0.6 is 0 Å². The van der Waals surface area contributed by atoms with Crippen molar-refractivity contribution in [2.75, 3.05) is 33.2 Å². The molecule has 0 amide bonds. The van der Waals surface area contributed by atoms with Crippen molar-refractivity contribution >= 4 is 10.2 Å². The van der Waals surface area contributed by atoms with Gasteiger partial charge in [-0.05, 0) is 37.8 Å². The first kappa shape index (κ1) is 16.9. The van der Waals surface area contributed by atoms with Crippen LogP contribution in [0.1, 0.15) is 46.0 Å². The lowest BCUT2D eigenvalue weighted by atomic mass is 9.89. The second-order valence-corrected chi connectivity index (χ2v) is 7.73. The molecule has 6 heteroatoms. The maximum Gasteiger partial charge on any atom is 0.279 e. The van der Waals surface area contributed by atoms with Crippen molar-refractivity contribution in [3.05, 3.63) is 0 Å². The van der Waals surface area contributed by atoms with Crippen molar-refractivity contribution in [3.8, 4) is 0 Å². The summed E-state index contributed by atoms with van der Waals surface area (Å²) in [5.41, 5.74) is 0.150. The van der Waals surface area contributed by atoms with E-state index in [1.54, 1.807) is 7.05 Å². The van der Waals surface area contributed by atoms with Crippen molar-refractivity contribution < 1.29 is 8.42 Å². The molecule has 0 heterocycles. The van der Waals surface area contributed by atoms with Crippen molar-refractivity contribution in [1.82, 2.24) is 14.3 Å². The number of hydrogen-bond donors (Lipinski definition) is 2. The molecule has 5 nitrogen and oxygen atoms in total. The molecule has 0 aromatic carbocycles. The molecule has 1 aliphatic rings. The molecule has 1 saturated carbocycles. The summed E-state index contributed by atoms with van der Waals surface area (Å²) in [5.74, 6) is 0. The molecule has 0 saturated heterocycles. The van der Waals surface area contributed by atoms with Crippen LogP contribution in [0.15, 0.2) is 0 Å². The Balaban J connectivity index is 2.33. The molecular formula is C13H29N3O2S. The molecule has 0 unspecified atom stereocenters. The highest BCUT2D eigenvalue weighted by Crippen LogP contribution is 2.36. The monoisotopic (exact) mass is 291 g/mol. The molecule has 0 radical (unpaired) electrons. The lowest BCUT2D eigenvalue weighted by molar-refractivity contribution is 0.330. The third-order valence-electron chi connectivity index (χ3n) is 3.98. The highest BCUT2D eigenvalue weighted by atomic mass is 32.2. The van der Waals surface area contributed by atoms with Crippen LogP contribution in [0.25, 0.3) is 0 Å². The summed E-state index contributed by atoms with van der Waals surface area (Å²) in [7, 11) is -1.67. The molecule has 19 heavy (non-hydrogen) atoms. The molecule has 0 bridgehead atoms. The first-order valence-electron chi connectivity index (χ1n) is 7.31. The van der Waals surface area contributed by atoms with Gasteiger partial charge >= 0.3 is 0 Å². The number of rotatable bonds is 9. The molecule has 1 rings (SSSR count). The van der Waals surface area contributed by atoms with Crippen LogP contribution in [0.5, 0.6) is 0 Å². The Morgan fingerprint density at radius 3 is 2.47 bits per heavy atom. The normalized spacial score (nSPS) is 19.2. The van der Waals surface area contributed by atoms with E-state index in [-0.39, 0.29) is 5.41 Å². The smallest absolute Gasteiger partial charge is 0.279 e. The molecule has 0 aromatic heterocycles. The van der Waals surface area contributed by atoms with E-state index < -0.39 is 10.2 Å². The number of hydrogen-bond acceptors (Lipinski definition) is 3. The first-order valence-corrected chi connectivity index (χ1v) is 8.75. The zero-order valence-corrected chi connectivity index (χ0v) is 13.4. The molecule has 1 fully saturated rings. The minimum Gasteiger partial charge on any atom is -0.317 e. The zero-order chi connectivity index (χ0) is 14.4. The van der Waals surface area contributed by atoms with Gasteiger partial charge in [0.05, 0.1) is 0 Å². The minimum absolute atomic E-state index is 0.150. The van der Waals surface area contributed by atoms with E-state index in [2.05, 4.69) is 17.0 Å². The van der Waals surface area contributed by atoms with Crippen molar-refractivity contribution in [2.24, 2.45) is 5.41 Å². The summed E-state index contributed by atoms with van der Waals surface area (Å²) < 4.78 is 28.4. The Labute approximate surface area is 118 Å². The molecular weight excluding hydrogens is 262 g/mol. The average Bonchev–Trinajstić information content (AvgIpc) is 2.80. The molecule has 2 N–H and O–H groups in total. The minimum atomic E-state index is -3.32. The summed E-state index contributed by atoms with van der Waals surface area (Å²) >= 11 is 0. The lowest BCUT2D eigenvalue weighted by Crippen LogP contribution is -2.43. The molecule has 1 aliphatic carbocycles. The van der Waals surface area contributed by atoms with Crippen LogP contribution in [-0.2, 0) is 10.2 Å². The van der Waals surface area contributed by atoms with Gasteiger partial charge in [-0.15, -0.1) is 0 Å². The highest BCUT2D eigenvalue weighted by Gasteiger charge is 2.30. The first-order chi connectivity index (χ1) is 8.90. The van der Waals surface area contributed by atoms with E-state index >= 15 is 0 Å². The van der Waals surface area contributed by atoms with Gasteiger partial charge in [0.2, 0.25) is 0 Å². The predicted molar refractivity (Wildman–Crippen MR) is 79.3 cm³/mol. The fraction of sp³-hybridized carbons (Fsp3) is 1.00. The van der Waals surface area contributed by atoms with Gasteiger partial charge in [0, 0.05) is 20.1 Å². The van der Waals surface area contributed by atoms with E-state index in [4.69, 9.17) is 0 Å². The molecule has 0 aromatic rings. The van der Waals surface area contributed by atoms with E-state index in [0.29, 0.717) is 13.1 Å². The maximum absolute atomic E-state index is 12.1. The Hall–Kier alpha value is -0.170. The third kappa shape index (κ3) is 5.77. The van der Waals surface area contributed by atoms with Gasteiger partial charge < -0.3 is 5.32 Å². The van der Waals surface area contributed by atoms with Crippen LogP contribution in [0.2, 0.25) is 0 Å². The van der Waals surface area contributed by atoms with Gasteiger partial charge in [0.25, 0.3) is 10.2 Å². The molecule has 0 atom stereocenters. The summed E-state index contributed by atoms with van der Waals surface area (Å²) in [6.45, 7) is 7.12. The fourth-order valence-electron chi connectivity index (χ4n) is 2.50. The van der Waals surface area contributed by atoms with Crippen LogP contribution in [0.3, 0.4) is 0 Å². The average molecular weight is 291 g/mol. The quantitative estimate of drug-likeness (QED) is 0.630. The Bertz CT molecular complexity index is 351. The van der Waals surface area contributed by atoms with Crippen molar-refractivity contribution in [3.63, 3.8) is 0 Å². The number of nitrogens with zero attached hydrogens (tertiary/aromatic N) is 1. The van der Waals surface area contributed by atoms with Gasteiger partial charge in [-0.25, -0.2) is 4.72 Å². The van der Waals surface area contributed by atoms with Gasteiger partial charge in [-0.1, -0.05) is 26.7 Å². The molecule has 114 valence electrons. The fourth-order valence-corrected chi connectivity index (χ4v) is 3.63. The third-order valence-corrected chi connectivity index (χ3v) is 5.49. The standard InChI is InChI=1S/C13H29N3O2S/c1-4-14-10-7-11-16(3)19(17,18)15-12-13(2)8-5-6-9-13/h14-15H,4-12H2,1-3H3. The Kier molecular flexibility index (Phi) is 6.73. The van der Waals surface area contributed by atoms with E-state index in [9.17, 15) is 8.42 Å². The Morgan fingerprint density at radius 1 is 1.26 bits per heavy atom. The van der Waals surface area contributed by atoms with Gasteiger partial charge in [-0.2, -0.15) is 12.7 Å². The second-order valence-electron chi connectivity index (χ2n) is 5.87. The van der Waals surface area contributed by atoms with Gasteiger partial charge in [0.15, 0.2) is 0 Å². The van der Waals surface area contributed by atoms with Crippen LogP contribution in [0.4, 0.5) is 0 Å². The van der Waals surface area contributed by atoms with Gasteiger partial charge in [-0.3, -0.25) is 0 Å². The summed E-state index contributed by atoms with van der Waals surface area (Å²) in [5, 5.41) is 3.20. The van der Waals surface area contributed by atoms with E-state index in [1.165, 1.54) is 17.1 Å². The predicted octanol–water partition coefficient (Wildman–Crippen LogP) is 1.33. The van der Waals surface area contributed by atoms with Crippen molar-refractivity contribution in [2.45, 2.75) is 46.0 Å². The molecule has 0 aliphatic heterocycles. The second kappa shape index (κ2) is 7.57. The number of nitrogens with one attached hydrogen (secondary N) is 2. The van der Waals surface area contributed by atoms with Crippen LogP contribution < -0.4 is 10.0 Å². The summed E-state index contributed by atoms with van der Waals surface area (Å²) in [4.78, 5) is 0. The van der Waals surface area contributed by atoms with Crippen LogP contribution in [-0.4, -0.2) is 45.9 Å². The van der Waals surface area contributed by atoms with E-state index in [1.807, 2.05) is 6.92 Å². The largest absolute Gasteiger partial charge is 0.317 e. The zero-order valence-electron chi connectivity index (χ0n) is 12.5. The SMILES string of the molecule is CCNCCCN(C)S(=O)(=O)NCC1(C)CCCC1. The summed E-state index contributed by atoms with van der Waals surface area (Å²) in [6.07, 6.45) is 5.52. The summed E-state index contributed by atoms with van der Waals surface area (Å²) in [6, 6.07) is 0. The van der Waals surface area contributed by atoms with Crippen molar-refractivity contribution in [1.29, 1.82) is 0 Å². The van der Waals surface area contributed by atoms with Gasteiger partial charge in [0.1, 0.15) is 0 Å². The Morgan fingerprint density at radius 2 is 1.89 bits per heavy atom. The van der Waals surface area contributed by atoms with Crippen LogP contribution in [0, 0.1) is 5.41 Å². The topological polar surface area (TPSA) is 61.4 Å². The molecule has 0 spiro atoms. The maximum atomic E-state index is 12.1. The lowest BCUT2D eigenvalue weighted by Gasteiger charge is -2.25. The highest BCUT2D eigenvalue weighted by molar-refractivity contribution is 7.87.